The Hall–Kier alpha value is -2.22. The van der Waals surface area contributed by atoms with Crippen molar-refractivity contribution in [2.75, 3.05) is 0 Å². The van der Waals surface area contributed by atoms with Crippen LogP contribution in [0.2, 0.25) is 0 Å². The molecule has 4 rings (SSSR count). The molecule has 0 aromatic carbocycles. The molecule has 29 heavy (non-hydrogen) atoms. The molecular weight excluding hydrogens is 386 g/mol. The fraction of sp³-hybridized carbons (Fsp3) is 0.619. The lowest BCUT2D eigenvalue weighted by Crippen LogP contribution is -2.34. The summed E-state index contributed by atoms with van der Waals surface area (Å²) in [4.78, 5) is 25.4. The molecular formula is C21H29N5O2S. The second-order valence-electron chi connectivity index (χ2n) is 7.95. The monoisotopic (exact) mass is 415 g/mol. The quantitative estimate of drug-likeness (QED) is 0.597. The molecule has 0 atom stereocenters. The van der Waals surface area contributed by atoms with Gasteiger partial charge in [-0.15, -0.1) is 21.5 Å². The summed E-state index contributed by atoms with van der Waals surface area (Å²) in [6.45, 7) is 2.74. The summed E-state index contributed by atoms with van der Waals surface area (Å²) in [5.74, 6) is 1.40. The molecule has 0 spiro atoms. The minimum Gasteiger partial charge on any atom is -0.353 e. The molecule has 1 saturated carbocycles. The summed E-state index contributed by atoms with van der Waals surface area (Å²) in [7, 11) is 0. The van der Waals surface area contributed by atoms with Gasteiger partial charge in [-0.05, 0) is 30.7 Å². The summed E-state index contributed by atoms with van der Waals surface area (Å²) < 4.78 is 4.41. The van der Waals surface area contributed by atoms with Crippen molar-refractivity contribution in [3.8, 4) is 0 Å². The highest BCUT2D eigenvalue weighted by atomic mass is 32.1. The van der Waals surface area contributed by atoms with Gasteiger partial charge in [-0.25, -0.2) is 0 Å². The maximum Gasteiger partial charge on any atom is 0.272 e. The zero-order chi connectivity index (χ0) is 20.2. The van der Waals surface area contributed by atoms with Crippen molar-refractivity contribution >= 4 is 33.2 Å². The van der Waals surface area contributed by atoms with Crippen molar-refractivity contribution in [2.45, 2.75) is 83.7 Å². The van der Waals surface area contributed by atoms with E-state index in [2.05, 4.69) is 22.4 Å². The lowest BCUT2D eigenvalue weighted by molar-refractivity contribution is -0.121. The first-order chi connectivity index (χ1) is 14.2. The number of hydrogen-bond donors (Lipinski definition) is 1. The van der Waals surface area contributed by atoms with Crippen LogP contribution < -0.4 is 10.9 Å². The zero-order valence-electron chi connectivity index (χ0n) is 17.0. The SMILES string of the molecule is CCCCn1c(=O)c2sccc2n2c(CCC(=O)NC3CCCCCC3)nnc12. The molecule has 7 nitrogen and oxygen atoms in total. The Kier molecular flexibility index (Phi) is 6.28. The molecule has 0 aliphatic heterocycles. The minimum absolute atomic E-state index is 0.000932. The van der Waals surface area contributed by atoms with Crippen LogP contribution in [0.15, 0.2) is 16.2 Å². The van der Waals surface area contributed by atoms with Gasteiger partial charge in [0.05, 0.1) is 5.52 Å². The standard InChI is InChI=1S/C21H29N5O2S/c1-2-3-13-25-20(28)19-16(12-14-29-19)26-17(23-24-21(25)26)10-11-18(27)22-15-8-6-4-5-7-9-15/h12,14-15H,2-11,13H2,1H3,(H,22,27). The Balaban J connectivity index is 1.55. The van der Waals surface area contributed by atoms with Crippen LogP contribution in [-0.4, -0.2) is 31.1 Å². The average molecular weight is 416 g/mol. The van der Waals surface area contributed by atoms with Gasteiger partial charge < -0.3 is 5.32 Å². The Morgan fingerprint density at radius 2 is 2.03 bits per heavy atom. The molecule has 8 heteroatoms. The molecule has 1 aliphatic rings. The highest BCUT2D eigenvalue weighted by Crippen LogP contribution is 2.21. The zero-order valence-corrected chi connectivity index (χ0v) is 17.8. The summed E-state index contributed by atoms with van der Waals surface area (Å²) in [6.07, 6.45) is 9.92. The molecule has 1 aliphatic carbocycles. The molecule has 156 valence electrons. The molecule has 0 saturated heterocycles. The first kappa shape index (κ1) is 20.1. The fourth-order valence-electron chi connectivity index (χ4n) is 4.21. The number of aryl methyl sites for hydroxylation is 2. The first-order valence-corrected chi connectivity index (χ1v) is 11.7. The number of hydrogen-bond acceptors (Lipinski definition) is 5. The molecule has 1 N–H and O–H groups in total. The summed E-state index contributed by atoms with van der Waals surface area (Å²) in [5.41, 5.74) is 0.841. The van der Waals surface area contributed by atoms with Crippen LogP contribution in [0.25, 0.3) is 16.0 Å². The Morgan fingerprint density at radius 3 is 2.79 bits per heavy atom. The van der Waals surface area contributed by atoms with Crippen LogP contribution in [0, 0.1) is 0 Å². The van der Waals surface area contributed by atoms with Crippen LogP contribution in [0.4, 0.5) is 0 Å². The van der Waals surface area contributed by atoms with E-state index in [4.69, 9.17) is 0 Å². The van der Waals surface area contributed by atoms with Gasteiger partial charge in [0.1, 0.15) is 10.5 Å². The number of aromatic nitrogens is 4. The molecule has 0 radical (unpaired) electrons. The van der Waals surface area contributed by atoms with E-state index in [0.29, 0.717) is 31.2 Å². The molecule has 0 unspecified atom stereocenters. The van der Waals surface area contributed by atoms with Crippen LogP contribution in [0.1, 0.15) is 70.5 Å². The number of nitrogens with zero attached hydrogens (tertiary/aromatic N) is 4. The second-order valence-corrected chi connectivity index (χ2v) is 8.87. The molecule has 0 bridgehead atoms. The lowest BCUT2D eigenvalue weighted by Gasteiger charge is -2.16. The molecule has 1 amide bonds. The Labute approximate surface area is 174 Å². The van der Waals surface area contributed by atoms with E-state index >= 15 is 0 Å². The number of rotatable bonds is 7. The number of unbranched alkanes of at least 4 members (excludes halogenated alkanes) is 1. The van der Waals surface area contributed by atoms with Gasteiger partial charge in [0, 0.05) is 25.4 Å². The van der Waals surface area contributed by atoms with E-state index < -0.39 is 0 Å². The third-order valence-electron chi connectivity index (χ3n) is 5.81. The first-order valence-electron chi connectivity index (χ1n) is 10.8. The maximum atomic E-state index is 12.9. The van der Waals surface area contributed by atoms with E-state index in [1.54, 1.807) is 4.57 Å². The number of nitrogens with one attached hydrogen (secondary N) is 1. The van der Waals surface area contributed by atoms with Gasteiger partial charge in [-0.1, -0.05) is 39.0 Å². The predicted molar refractivity (Wildman–Crippen MR) is 115 cm³/mol. The van der Waals surface area contributed by atoms with Gasteiger partial charge >= 0.3 is 0 Å². The topological polar surface area (TPSA) is 81.3 Å². The second kappa shape index (κ2) is 9.07. The fourth-order valence-corrected chi connectivity index (χ4v) is 5.03. The normalized spacial score (nSPS) is 15.8. The van der Waals surface area contributed by atoms with Crippen LogP contribution >= 0.6 is 11.3 Å². The maximum absolute atomic E-state index is 12.9. The number of carbonyl (C=O) groups is 1. The van der Waals surface area contributed by atoms with Gasteiger partial charge in [-0.3, -0.25) is 18.6 Å². The third kappa shape index (κ3) is 4.22. The minimum atomic E-state index is 0.000932. The number of carbonyl (C=O) groups excluding carboxylic acids is 1. The molecule has 3 aromatic rings. The largest absolute Gasteiger partial charge is 0.353 e. The smallest absolute Gasteiger partial charge is 0.272 e. The molecule has 1 fully saturated rings. The predicted octanol–water partition coefficient (Wildman–Crippen LogP) is 3.68. The lowest BCUT2D eigenvalue weighted by atomic mass is 10.1. The highest BCUT2D eigenvalue weighted by molar-refractivity contribution is 7.17. The third-order valence-corrected chi connectivity index (χ3v) is 6.70. The van der Waals surface area contributed by atoms with Gasteiger partial charge in [0.2, 0.25) is 11.7 Å². The highest BCUT2D eigenvalue weighted by Gasteiger charge is 2.19. The van der Waals surface area contributed by atoms with E-state index in [1.165, 1.54) is 37.0 Å². The molecule has 3 heterocycles. The van der Waals surface area contributed by atoms with Crippen LogP contribution in [-0.2, 0) is 17.8 Å². The number of thiophene rings is 1. The van der Waals surface area contributed by atoms with Crippen molar-refractivity contribution < 1.29 is 4.79 Å². The summed E-state index contributed by atoms with van der Waals surface area (Å²) in [5, 5.41) is 13.8. The van der Waals surface area contributed by atoms with Crippen molar-refractivity contribution in [1.82, 2.24) is 24.5 Å². The van der Waals surface area contributed by atoms with Gasteiger partial charge in [0.25, 0.3) is 5.56 Å². The van der Waals surface area contributed by atoms with E-state index in [-0.39, 0.29) is 11.5 Å². The van der Waals surface area contributed by atoms with E-state index in [1.807, 2.05) is 15.8 Å². The Bertz CT molecular complexity index is 1040. The average Bonchev–Trinajstić information content (AvgIpc) is 3.28. The summed E-state index contributed by atoms with van der Waals surface area (Å²) in [6, 6.07) is 2.25. The van der Waals surface area contributed by atoms with Gasteiger partial charge in [-0.2, -0.15) is 0 Å². The number of amides is 1. The summed E-state index contributed by atoms with van der Waals surface area (Å²) >= 11 is 1.45. The Morgan fingerprint density at radius 1 is 1.24 bits per heavy atom. The van der Waals surface area contributed by atoms with Crippen molar-refractivity contribution in [1.29, 1.82) is 0 Å². The molecule has 3 aromatic heterocycles. The van der Waals surface area contributed by atoms with Crippen molar-refractivity contribution in [2.24, 2.45) is 0 Å². The number of fused-ring (bicyclic) bond motifs is 3. The van der Waals surface area contributed by atoms with Gasteiger partial charge in [0.15, 0.2) is 0 Å². The van der Waals surface area contributed by atoms with Crippen LogP contribution in [0.3, 0.4) is 0 Å². The van der Waals surface area contributed by atoms with Crippen molar-refractivity contribution in [3.05, 3.63) is 27.6 Å². The van der Waals surface area contributed by atoms with Crippen molar-refractivity contribution in [3.63, 3.8) is 0 Å². The van der Waals surface area contributed by atoms with E-state index in [0.717, 1.165) is 41.7 Å². The van der Waals surface area contributed by atoms with Crippen LogP contribution in [0.5, 0.6) is 0 Å². The van der Waals surface area contributed by atoms with E-state index in [9.17, 15) is 9.59 Å².